The highest BCUT2D eigenvalue weighted by Crippen LogP contribution is 2.18. The van der Waals surface area contributed by atoms with Gasteiger partial charge in [0.15, 0.2) is 0 Å². The zero-order valence-corrected chi connectivity index (χ0v) is 12.9. The number of anilines is 1. The van der Waals surface area contributed by atoms with Gasteiger partial charge in [-0.25, -0.2) is 14.4 Å². The van der Waals surface area contributed by atoms with Crippen LogP contribution in [0.25, 0.3) is 0 Å². The number of aromatic nitrogens is 3. The molecule has 0 radical (unpaired) electrons. The summed E-state index contributed by atoms with van der Waals surface area (Å²) in [6, 6.07) is 5.57. The van der Waals surface area contributed by atoms with E-state index in [0.717, 1.165) is 19.6 Å². The molecule has 6 nitrogen and oxygen atoms in total. The van der Waals surface area contributed by atoms with E-state index >= 15 is 0 Å². The molecule has 23 heavy (non-hydrogen) atoms. The summed E-state index contributed by atoms with van der Waals surface area (Å²) in [7, 11) is 0. The molecule has 3 rings (SSSR count). The summed E-state index contributed by atoms with van der Waals surface area (Å²) in [6.07, 6.45) is 4.46. The molecule has 7 heteroatoms. The van der Waals surface area contributed by atoms with Crippen molar-refractivity contribution in [3.05, 3.63) is 47.8 Å². The van der Waals surface area contributed by atoms with Gasteiger partial charge < -0.3 is 4.90 Å². The summed E-state index contributed by atoms with van der Waals surface area (Å²) in [5.74, 6) is 0.304. The second-order valence-electron chi connectivity index (χ2n) is 5.59. The van der Waals surface area contributed by atoms with Gasteiger partial charge in [0.25, 0.3) is 0 Å². The predicted octanol–water partition coefficient (Wildman–Crippen LogP) is 1.59. The molecule has 0 spiro atoms. The minimum atomic E-state index is -0.271. The molecule has 0 aliphatic carbocycles. The van der Waals surface area contributed by atoms with Crippen LogP contribution in [0.3, 0.4) is 0 Å². The monoisotopic (exact) mass is 312 g/mol. The van der Waals surface area contributed by atoms with E-state index in [9.17, 15) is 4.39 Å². The van der Waals surface area contributed by atoms with Gasteiger partial charge in [0.1, 0.15) is 17.6 Å². The first-order valence-corrected chi connectivity index (χ1v) is 7.48. The molecular weight excluding hydrogens is 295 g/mol. The third-order valence-corrected chi connectivity index (χ3v) is 4.04. The van der Waals surface area contributed by atoms with Crippen LogP contribution in [0.2, 0.25) is 0 Å². The Bertz CT molecular complexity index is 729. The average molecular weight is 312 g/mol. The van der Waals surface area contributed by atoms with Crippen molar-refractivity contribution in [1.82, 2.24) is 19.9 Å². The second kappa shape index (κ2) is 6.67. The van der Waals surface area contributed by atoms with Gasteiger partial charge in [0.05, 0.1) is 6.20 Å². The fraction of sp³-hybridized carbons (Fsp3) is 0.375. The van der Waals surface area contributed by atoms with Crippen LogP contribution in [0.1, 0.15) is 18.2 Å². The molecule has 1 aliphatic rings. The predicted molar refractivity (Wildman–Crippen MR) is 83.0 cm³/mol. The standard InChI is InChI=1S/C16H17FN6/c1-12-10-23(16-20-5-3-14(8-18)21-16)7-6-22(12)11-13-2-4-19-9-15(13)17/h2-5,9,12H,6-7,10-11H2,1H3. The van der Waals surface area contributed by atoms with Gasteiger partial charge in [0.2, 0.25) is 5.95 Å². The number of nitriles is 1. The highest BCUT2D eigenvalue weighted by molar-refractivity contribution is 5.34. The lowest BCUT2D eigenvalue weighted by molar-refractivity contribution is 0.178. The maximum atomic E-state index is 13.7. The smallest absolute Gasteiger partial charge is 0.226 e. The largest absolute Gasteiger partial charge is 0.338 e. The van der Waals surface area contributed by atoms with Crippen LogP contribution in [-0.2, 0) is 6.54 Å². The fourth-order valence-corrected chi connectivity index (χ4v) is 2.73. The van der Waals surface area contributed by atoms with Gasteiger partial charge in [-0.05, 0) is 19.1 Å². The quantitative estimate of drug-likeness (QED) is 0.857. The molecule has 0 saturated carbocycles. The van der Waals surface area contributed by atoms with Crippen molar-refractivity contribution >= 4 is 5.95 Å². The normalized spacial score (nSPS) is 18.7. The number of hydrogen-bond acceptors (Lipinski definition) is 6. The van der Waals surface area contributed by atoms with Crippen LogP contribution in [0, 0.1) is 17.1 Å². The second-order valence-corrected chi connectivity index (χ2v) is 5.59. The zero-order chi connectivity index (χ0) is 16.2. The molecule has 0 N–H and O–H groups in total. The molecule has 1 atom stereocenters. The SMILES string of the molecule is CC1CN(c2nccc(C#N)n2)CCN1Cc1ccncc1F. The molecule has 0 aromatic carbocycles. The highest BCUT2D eigenvalue weighted by atomic mass is 19.1. The fourth-order valence-electron chi connectivity index (χ4n) is 2.73. The van der Waals surface area contributed by atoms with E-state index in [-0.39, 0.29) is 11.9 Å². The zero-order valence-electron chi connectivity index (χ0n) is 12.9. The summed E-state index contributed by atoms with van der Waals surface area (Å²) >= 11 is 0. The Kier molecular flexibility index (Phi) is 4.44. The van der Waals surface area contributed by atoms with Crippen molar-refractivity contribution in [2.24, 2.45) is 0 Å². The van der Waals surface area contributed by atoms with Crippen LogP contribution in [0.5, 0.6) is 0 Å². The summed E-state index contributed by atoms with van der Waals surface area (Å²) in [4.78, 5) is 16.6. The molecule has 1 aliphatic heterocycles. The van der Waals surface area contributed by atoms with Crippen LogP contribution >= 0.6 is 0 Å². The third kappa shape index (κ3) is 3.43. The minimum Gasteiger partial charge on any atom is -0.338 e. The topological polar surface area (TPSA) is 68.9 Å². The molecule has 0 bridgehead atoms. The molecule has 3 heterocycles. The first-order chi connectivity index (χ1) is 11.2. The van der Waals surface area contributed by atoms with E-state index in [0.29, 0.717) is 23.8 Å². The number of hydrogen-bond donors (Lipinski definition) is 0. The Labute approximate surface area is 134 Å². The summed E-state index contributed by atoms with van der Waals surface area (Å²) in [5, 5.41) is 8.94. The van der Waals surface area contributed by atoms with E-state index in [2.05, 4.69) is 31.7 Å². The summed E-state index contributed by atoms with van der Waals surface area (Å²) in [6.45, 7) is 4.92. The number of pyridine rings is 1. The number of halogens is 1. The maximum absolute atomic E-state index is 13.7. The van der Waals surface area contributed by atoms with Gasteiger partial charge >= 0.3 is 0 Å². The van der Waals surface area contributed by atoms with Crippen molar-refractivity contribution in [3.8, 4) is 6.07 Å². The molecule has 2 aromatic rings. The minimum absolute atomic E-state index is 0.227. The molecule has 1 fully saturated rings. The van der Waals surface area contributed by atoms with Crippen LogP contribution < -0.4 is 4.90 Å². The lowest BCUT2D eigenvalue weighted by atomic mass is 10.1. The number of rotatable bonds is 3. The lowest BCUT2D eigenvalue weighted by Crippen LogP contribution is -2.52. The molecule has 0 amide bonds. The van der Waals surface area contributed by atoms with Gasteiger partial charge in [-0.3, -0.25) is 9.88 Å². The molecular formula is C16H17FN6. The lowest BCUT2D eigenvalue weighted by Gasteiger charge is -2.39. The molecule has 1 unspecified atom stereocenters. The Morgan fingerprint density at radius 2 is 2.22 bits per heavy atom. The number of nitrogens with zero attached hydrogens (tertiary/aromatic N) is 6. The van der Waals surface area contributed by atoms with Gasteiger partial charge in [-0.15, -0.1) is 0 Å². The van der Waals surface area contributed by atoms with E-state index in [1.54, 1.807) is 24.5 Å². The number of piperazine rings is 1. The van der Waals surface area contributed by atoms with Crippen LogP contribution in [0.4, 0.5) is 10.3 Å². The van der Waals surface area contributed by atoms with E-state index in [4.69, 9.17) is 5.26 Å². The van der Waals surface area contributed by atoms with Gasteiger partial charge in [0, 0.05) is 50.2 Å². The Morgan fingerprint density at radius 1 is 1.35 bits per heavy atom. The van der Waals surface area contributed by atoms with Gasteiger partial charge in [-0.2, -0.15) is 5.26 Å². The highest BCUT2D eigenvalue weighted by Gasteiger charge is 2.25. The summed E-state index contributed by atoms with van der Waals surface area (Å²) in [5.41, 5.74) is 1.02. The van der Waals surface area contributed by atoms with Crippen molar-refractivity contribution in [2.45, 2.75) is 19.5 Å². The van der Waals surface area contributed by atoms with E-state index < -0.39 is 0 Å². The van der Waals surface area contributed by atoms with Crippen molar-refractivity contribution < 1.29 is 4.39 Å². The average Bonchev–Trinajstić information content (AvgIpc) is 2.58. The molecule has 1 saturated heterocycles. The van der Waals surface area contributed by atoms with E-state index in [1.165, 1.54) is 6.20 Å². The van der Waals surface area contributed by atoms with Crippen molar-refractivity contribution in [3.63, 3.8) is 0 Å². The maximum Gasteiger partial charge on any atom is 0.226 e. The first kappa shape index (κ1) is 15.3. The summed E-state index contributed by atoms with van der Waals surface area (Å²) < 4.78 is 13.7. The van der Waals surface area contributed by atoms with Crippen molar-refractivity contribution in [2.75, 3.05) is 24.5 Å². The Hall–Kier alpha value is -2.59. The van der Waals surface area contributed by atoms with Gasteiger partial charge in [-0.1, -0.05) is 0 Å². The molecule has 2 aromatic heterocycles. The Balaban J connectivity index is 1.68. The third-order valence-electron chi connectivity index (χ3n) is 4.04. The van der Waals surface area contributed by atoms with E-state index in [1.807, 2.05) is 6.07 Å². The first-order valence-electron chi connectivity index (χ1n) is 7.48. The van der Waals surface area contributed by atoms with Crippen molar-refractivity contribution in [1.29, 1.82) is 5.26 Å². The molecule has 118 valence electrons. The Morgan fingerprint density at radius 3 is 2.96 bits per heavy atom. The van der Waals surface area contributed by atoms with Crippen LogP contribution in [0.15, 0.2) is 30.7 Å². The van der Waals surface area contributed by atoms with Crippen LogP contribution in [-0.4, -0.2) is 45.5 Å².